The lowest BCUT2D eigenvalue weighted by atomic mass is 10.1. The van der Waals surface area contributed by atoms with E-state index in [1.807, 2.05) is 6.92 Å². The fourth-order valence-corrected chi connectivity index (χ4v) is 1.67. The fraction of sp³-hybridized carbons (Fsp3) is 0.385. The molecule has 0 saturated heterocycles. The lowest BCUT2D eigenvalue weighted by Gasteiger charge is -2.11. The van der Waals surface area contributed by atoms with E-state index in [2.05, 4.69) is 20.4 Å². The van der Waals surface area contributed by atoms with Crippen LogP contribution in [0.15, 0.2) is 31.0 Å². The summed E-state index contributed by atoms with van der Waals surface area (Å²) in [5.74, 6) is 0.673. The van der Waals surface area contributed by atoms with Crippen molar-refractivity contribution in [1.29, 1.82) is 0 Å². The monoisotopic (exact) mass is 275 g/mol. The maximum atomic E-state index is 11.9. The Labute approximate surface area is 116 Å². The number of pyridine rings is 1. The third kappa shape index (κ3) is 3.61. The van der Waals surface area contributed by atoms with Crippen molar-refractivity contribution in [3.05, 3.63) is 36.5 Å². The molecule has 2 N–H and O–H groups in total. The molecule has 0 aromatic carbocycles. The first kappa shape index (κ1) is 14.1. The molecule has 0 spiro atoms. The number of carbonyl (C=O) groups is 1. The first-order chi connectivity index (χ1) is 9.70. The van der Waals surface area contributed by atoms with Crippen LogP contribution in [0.2, 0.25) is 0 Å². The highest BCUT2D eigenvalue weighted by atomic mass is 16.3. The Morgan fingerprint density at radius 2 is 2.35 bits per heavy atom. The Hall–Kier alpha value is -2.28. The number of carbonyl (C=O) groups excluding carboxylic acids is 1. The highest BCUT2D eigenvalue weighted by Gasteiger charge is 2.08. The third-order valence-corrected chi connectivity index (χ3v) is 2.90. The van der Waals surface area contributed by atoms with Gasteiger partial charge in [-0.15, -0.1) is 0 Å². The van der Waals surface area contributed by atoms with Crippen LogP contribution in [-0.4, -0.2) is 43.9 Å². The van der Waals surface area contributed by atoms with E-state index in [9.17, 15) is 4.79 Å². The van der Waals surface area contributed by atoms with Crippen LogP contribution in [0.5, 0.6) is 0 Å². The summed E-state index contributed by atoms with van der Waals surface area (Å²) in [5, 5.41) is 15.6. The van der Waals surface area contributed by atoms with Crippen molar-refractivity contribution >= 4 is 5.91 Å². The fourth-order valence-electron chi connectivity index (χ4n) is 1.67. The number of aliphatic hydroxyl groups excluding tert-OH is 1. The minimum atomic E-state index is -0.174. The summed E-state index contributed by atoms with van der Waals surface area (Å²) in [6, 6.07) is 3.40. The van der Waals surface area contributed by atoms with Crippen molar-refractivity contribution in [2.24, 2.45) is 5.92 Å². The van der Waals surface area contributed by atoms with Crippen molar-refractivity contribution in [3.63, 3.8) is 0 Å². The van der Waals surface area contributed by atoms with Gasteiger partial charge < -0.3 is 10.4 Å². The van der Waals surface area contributed by atoms with E-state index in [4.69, 9.17) is 5.11 Å². The van der Waals surface area contributed by atoms with Crippen LogP contribution in [0.1, 0.15) is 23.7 Å². The van der Waals surface area contributed by atoms with Gasteiger partial charge >= 0.3 is 0 Å². The summed E-state index contributed by atoms with van der Waals surface area (Å²) in [5.41, 5.74) is 0.491. The van der Waals surface area contributed by atoms with Gasteiger partial charge in [-0.25, -0.2) is 14.6 Å². The molecule has 0 fully saturated rings. The van der Waals surface area contributed by atoms with Crippen molar-refractivity contribution in [2.45, 2.75) is 13.3 Å². The summed E-state index contributed by atoms with van der Waals surface area (Å²) >= 11 is 0. The van der Waals surface area contributed by atoms with Crippen molar-refractivity contribution in [3.8, 4) is 5.82 Å². The van der Waals surface area contributed by atoms with Crippen molar-refractivity contribution in [2.75, 3.05) is 13.2 Å². The standard InChI is InChI=1S/C13H17N5O2/c1-10(4-5-19)6-16-13(20)11-2-3-12(15-7-11)18-9-14-8-17-18/h2-3,7-10,19H,4-6H2,1H3,(H,16,20). The van der Waals surface area contributed by atoms with Gasteiger partial charge in [-0.05, 0) is 24.5 Å². The predicted molar refractivity (Wildman–Crippen MR) is 72.4 cm³/mol. The summed E-state index contributed by atoms with van der Waals surface area (Å²) in [6.45, 7) is 2.64. The zero-order chi connectivity index (χ0) is 14.4. The molecule has 2 aromatic heterocycles. The Morgan fingerprint density at radius 3 is 2.95 bits per heavy atom. The molecular weight excluding hydrogens is 258 g/mol. The topological polar surface area (TPSA) is 92.9 Å². The SMILES string of the molecule is CC(CCO)CNC(=O)c1ccc(-n2cncn2)nc1. The van der Waals surface area contributed by atoms with Crippen LogP contribution in [0.4, 0.5) is 0 Å². The summed E-state index contributed by atoms with van der Waals surface area (Å²) in [6.07, 6.45) is 5.14. The Kier molecular flexibility index (Phi) is 4.78. The lowest BCUT2D eigenvalue weighted by Crippen LogP contribution is -2.28. The predicted octanol–water partition coefficient (Wildman–Crippen LogP) is 0.411. The highest BCUT2D eigenvalue weighted by molar-refractivity contribution is 5.93. The van der Waals surface area contributed by atoms with Crippen LogP contribution in [0.3, 0.4) is 0 Å². The summed E-state index contributed by atoms with van der Waals surface area (Å²) in [4.78, 5) is 19.9. The van der Waals surface area contributed by atoms with E-state index >= 15 is 0 Å². The average Bonchev–Trinajstić information content (AvgIpc) is 2.99. The molecular formula is C13H17N5O2. The number of aliphatic hydroxyl groups is 1. The van der Waals surface area contributed by atoms with E-state index in [-0.39, 0.29) is 18.4 Å². The van der Waals surface area contributed by atoms with Crippen LogP contribution in [-0.2, 0) is 0 Å². The van der Waals surface area contributed by atoms with Crippen molar-refractivity contribution in [1.82, 2.24) is 25.1 Å². The molecule has 0 radical (unpaired) electrons. The molecule has 2 aromatic rings. The van der Waals surface area contributed by atoms with Gasteiger partial charge in [0.15, 0.2) is 5.82 Å². The van der Waals surface area contributed by atoms with Gasteiger partial charge in [0.05, 0.1) is 5.56 Å². The van der Waals surface area contributed by atoms with Gasteiger partial charge in [0.1, 0.15) is 12.7 Å². The minimum Gasteiger partial charge on any atom is -0.396 e. The Morgan fingerprint density at radius 1 is 1.50 bits per heavy atom. The first-order valence-electron chi connectivity index (χ1n) is 6.41. The Bertz CT molecular complexity index is 538. The second kappa shape index (κ2) is 6.76. The maximum Gasteiger partial charge on any atom is 0.252 e. The van der Waals surface area contributed by atoms with Gasteiger partial charge in [-0.3, -0.25) is 4.79 Å². The molecule has 0 aliphatic heterocycles. The average molecular weight is 275 g/mol. The van der Waals surface area contributed by atoms with E-state index in [0.717, 1.165) is 0 Å². The maximum absolute atomic E-state index is 11.9. The molecule has 2 rings (SSSR count). The van der Waals surface area contributed by atoms with E-state index in [1.165, 1.54) is 17.2 Å². The number of nitrogens with zero attached hydrogens (tertiary/aromatic N) is 4. The molecule has 7 heteroatoms. The summed E-state index contributed by atoms with van der Waals surface area (Å²) in [7, 11) is 0. The normalized spacial score (nSPS) is 12.1. The number of rotatable bonds is 6. The molecule has 7 nitrogen and oxygen atoms in total. The molecule has 2 heterocycles. The smallest absolute Gasteiger partial charge is 0.252 e. The number of nitrogens with one attached hydrogen (secondary N) is 1. The van der Waals surface area contributed by atoms with Gasteiger partial charge in [0.2, 0.25) is 0 Å². The highest BCUT2D eigenvalue weighted by Crippen LogP contribution is 2.05. The molecule has 0 aliphatic rings. The van der Waals surface area contributed by atoms with Crippen molar-refractivity contribution < 1.29 is 9.90 Å². The number of hydrogen-bond acceptors (Lipinski definition) is 5. The van der Waals surface area contributed by atoms with Gasteiger partial charge in [0, 0.05) is 19.3 Å². The van der Waals surface area contributed by atoms with Crippen LogP contribution in [0.25, 0.3) is 5.82 Å². The number of hydrogen-bond donors (Lipinski definition) is 2. The van der Waals surface area contributed by atoms with Crippen LogP contribution in [0, 0.1) is 5.92 Å². The molecule has 1 atom stereocenters. The molecule has 20 heavy (non-hydrogen) atoms. The lowest BCUT2D eigenvalue weighted by molar-refractivity contribution is 0.0945. The quantitative estimate of drug-likeness (QED) is 0.796. The molecule has 1 amide bonds. The summed E-state index contributed by atoms with van der Waals surface area (Å²) < 4.78 is 1.52. The second-order valence-electron chi connectivity index (χ2n) is 4.57. The molecule has 0 bridgehead atoms. The van der Waals surface area contributed by atoms with E-state index < -0.39 is 0 Å². The van der Waals surface area contributed by atoms with Crippen LogP contribution >= 0.6 is 0 Å². The third-order valence-electron chi connectivity index (χ3n) is 2.90. The molecule has 106 valence electrons. The van der Waals surface area contributed by atoms with Crippen LogP contribution < -0.4 is 5.32 Å². The van der Waals surface area contributed by atoms with Gasteiger partial charge in [0.25, 0.3) is 5.91 Å². The second-order valence-corrected chi connectivity index (χ2v) is 4.57. The minimum absolute atomic E-state index is 0.130. The molecule has 1 unspecified atom stereocenters. The van der Waals surface area contributed by atoms with Gasteiger partial charge in [-0.2, -0.15) is 5.10 Å². The zero-order valence-corrected chi connectivity index (χ0v) is 11.2. The van der Waals surface area contributed by atoms with Gasteiger partial charge in [-0.1, -0.05) is 6.92 Å². The Balaban J connectivity index is 1.94. The molecule has 0 saturated carbocycles. The molecule has 0 aliphatic carbocycles. The zero-order valence-electron chi connectivity index (χ0n) is 11.2. The first-order valence-corrected chi connectivity index (χ1v) is 6.41. The number of amides is 1. The van der Waals surface area contributed by atoms with E-state index in [1.54, 1.807) is 18.5 Å². The van der Waals surface area contributed by atoms with E-state index in [0.29, 0.717) is 24.3 Å². The number of aromatic nitrogens is 4. The largest absolute Gasteiger partial charge is 0.396 e.